The van der Waals surface area contributed by atoms with Crippen LogP contribution in [-0.2, 0) is 9.53 Å². The summed E-state index contributed by atoms with van der Waals surface area (Å²) in [7, 11) is 1.66. The van der Waals surface area contributed by atoms with Gasteiger partial charge in [-0.05, 0) is 38.5 Å². The minimum atomic E-state index is -0.260. The van der Waals surface area contributed by atoms with E-state index in [1.807, 2.05) is 45.0 Å². The van der Waals surface area contributed by atoms with Gasteiger partial charge < -0.3 is 15.4 Å². The average molecular weight is 250 g/mol. The Labute approximate surface area is 109 Å². The van der Waals surface area contributed by atoms with Gasteiger partial charge in [-0.25, -0.2) is 0 Å². The van der Waals surface area contributed by atoms with Crippen LogP contribution in [0.2, 0.25) is 0 Å². The van der Waals surface area contributed by atoms with Crippen LogP contribution < -0.4 is 10.6 Å². The molecule has 0 bridgehead atoms. The van der Waals surface area contributed by atoms with Gasteiger partial charge in [0.1, 0.15) is 0 Å². The van der Waals surface area contributed by atoms with Gasteiger partial charge in [-0.3, -0.25) is 4.79 Å². The molecule has 1 amide bonds. The molecule has 0 radical (unpaired) electrons. The molecule has 0 aromatic heterocycles. The molecule has 0 aliphatic carbocycles. The fraction of sp³-hybridized carbons (Fsp3) is 0.500. The second-order valence-electron chi connectivity index (χ2n) is 4.99. The predicted molar refractivity (Wildman–Crippen MR) is 73.8 cm³/mol. The molecule has 0 saturated carbocycles. The van der Waals surface area contributed by atoms with Gasteiger partial charge in [-0.2, -0.15) is 0 Å². The van der Waals surface area contributed by atoms with Gasteiger partial charge in [0, 0.05) is 19.3 Å². The Morgan fingerprint density at radius 3 is 2.72 bits per heavy atom. The van der Waals surface area contributed by atoms with Crippen LogP contribution in [0.4, 0.5) is 5.69 Å². The first-order valence-electron chi connectivity index (χ1n) is 6.05. The van der Waals surface area contributed by atoms with Crippen molar-refractivity contribution in [2.75, 3.05) is 25.5 Å². The molecule has 18 heavy (non-hydrogen) atoms. The Kier molecular flexibility index (Phi) is 5.31. The van der Waals surface area contributed by atoms with E-state index in [-0.39, 0.29) is 18.1 Å². The van der Waals surface area contributed by atoms with Gasteiger partial charge in [0.05, 0.1) is 12.1 Å². The molecular formula is C14H22N2O2. The second kappa shape index (κ2) is 6.52. The van der Waals surface area contributed by atoms with Crippen molar-refractivity contribution in [3.05, 3.63) is 29.8 Å². The smallest absolute Gasteiger partial charge is 0.238 e. The van der Waals surface area contributed by atoms with Crippen molar-refractivity contribution >= 4 is 11.6 Å². The van der Waals surface area contributed by atoms with E-state index in [9.17, 15) is 4.79 Å². The molecule has 1 rings (SSSR count). The summed E-state index contributed by atoms with van der Waals surface area (Å²) in [5, 5.41) is 5.92. The molecule has 0 atom stereocenters. The third-order valence-electron chi connectivity index (χ3n) is 2.69. The van der Waals surface area contributed by atoms with Crippen molar-refractivity contribution < 1.29 is 9.53 Å². The molecule has 4 heteroatoms. The first-order valence-corrected chi connectivity index (χ1v) is 6.05. The van der Waals surface area contributed by atoms with E-state index < -0.39 is 0 Å². The molecule has 0 unspecified atom stereocenters. The quantitative estimate of drug-likeness (QED) is 0.811. The second-order valence-corrected chi connectivity index (χ2v) is 4.99. The number of rotatable bonds is 6. The number of nitrogens with one attached hydrogen (secondary N) is 2. The number of carbonyl (C=O) groups excluding carboxylic acids is 1. The van der Waals surface area contributed by atoms with Crippen molar-refractivity contribution in [2.24, 2.45) is 0 Å². The third-order valence-corrected chi connectivity index (χ3v) is 2.69. The summed E-state index contributed by atoms with van der Waals surface area (Å²) >= 11 is 0. The van der Waals surface area contributed by atoms with Crippen LogP contribution in [0.3, 0.4) is 0 Å². The van der Waals surface area contributed by atoms with Crippen LogP contribution >= 0.6 is 0 Å². The lowest BCUT2D eigenvalue weighted by atomic mass is 10.1. The number of methoxy groups -OCH3 is 1. The number of amides is 1. The minimum absolute atomic E-state index is 0.0486. The lowest BCUT2D eigenvalue weighted by molar-refractivity contribution is -0.115. The van der Waals surface area contributed by atoms with E-state index in [2.05, 4.69) is 10.6 Å². The Bertz CT molecular complexity index is 403. The van der Waals surface area contributed by atoms with Crippen molar-refractivity contribution in [1.82, 2.24) is 5.32 Å². The number of anilines is 1. The highest BCUT2D eigenvalue weighted by Crippen LogP contribution is 2.09. The van der Waals surface area contributed by atoms with Crippen molar-refractivity contribution in [1.29, 1.82) is 0 Å². The normalized spacial score (nSPS) is 11.3. The van der Waals surface area contributed by atoms with Gasteiger partial charge >= 0.3 is 0 Å². The molecule has 4 nitrogen and oxygen atoms in total. The standard InChI is InChI=1S/C14H22N2O2/c1-11-6-5-7-12(8-11)16-13(17)9-15-10-14(2,3)18-4/h5-8,15H,9-10H2,1-4H3,(H,16,17). The Morgan fingerprint density at radius 2 is 2.11 bits per heavy atom. The van der Waals surface area contributed by atoms with E-state index in [0.717, 1.165) is 11.3 Å². The average Bonchev–Trinajstić information content (AvgIpc) is 2.28. The Hall–Kier alpha value is -1.39. The molecule has 0 aliphatic rings. The number of hydrogen-bond donors (Lipinski definition) is 2. The van der Waals surface area contributed by atoms with E-state index in [1.165, 1.54) is 0 Å². The Morgan fingerprint density at radius 1 is 1.39 bits per heavy atom. The lowest BCUT2D eigenvalue weighted by Gasteiger charge is -2.23. The van der Waals surface area contributed by atoms with Gasteiger partial charge in [0.15, 0.2) is 0 Å². The summed E-state index contributed by atoms with van der Waals surface area (Å²) < 4.78 is 5.26. The highest BCUT2D eigenvalue weighted by molar-refractivity contribution is 5.92. The van der Waals surface area contributed by atoms with Crippen LogP contribution in [0.1, 0.15) is 19.4 Å². The van der Waals surface area contributed by atoms with Gasteiger partial charge in [-0.15, -0.1) is 0 Å². The number of aryl methyl sites for hydroxylation is 1. The largest absolute Gasteiger partial charge is 0.377 e. The third kappa shape index (κ3) is 5.29. The topological polar surface area (TPSA) is 50.4 Å². The maximum absolute atomic E-state index is 11.7. The van der Waals surface area contributed by atoms with E-state index in [1.54, 1.807) is 7.11 Å². The summed E-state index contributed by atoms with van der Waals surface area (Å²) in [6.45, 7) is 6.84. The van der Waals surface area contributed by atoms with Gasteiger partial charge in [0.2, 0.25) is 5.91 Å². The van der Waals surface area contributed by atoms with Crippen LogP contribution in [0.15, 0.2) is 24.3 Å². The minimum Gasteiger partial charge on any atom is -0.377 e. The first-order chi connectivity index (χ1) is 8.43. The summed E-state index contributed by atoms with van der Waals surface area (Å²) in [5.41, 5.74) is 1.69. The summed E-state index contributed by atoms with van der Waals surface area (Å²) in [5.74, 6) is -0.0486. The van der Waals surface area contributed by atoms with Gasteiger partial charge in [0.25, 0.3) is 0 Å². The highest BCUT2D eigenvalue weighted by Gasteiger charge is 2.15. The predicted octanol–water partition coefficient (Wildman–Crippen LogP) is 1.95. The number of carbonyl (C=O) groups is 1. The van der Waals surface area contributed by atoms with Crippen molar-refractivity contribution in [3.8, 4) is 0 Å². The first kappa shape index (κ1) is 14.7. The molecule has 0 saturated heterocycles. The van der Waals surface area contributed by atoms with Crippen LogP contribution in [-0.4, -0.2) is 31.7 Å². The maximum Gasteiger partial charge on any atom is 0.238 e. The molecule has 0 fully saturated rings. The van der Waals surface area contributed by atoms with E-state index in [0.29, 0.717) is 6.54 Å². The van der Waals surface area contributed by atoms with Crippen LogP contribution in [0, 0.1) is 6.92 Å². The van der Waals surface area contributed by atoms with Gasteiger partial charge in [-0.1, -0.05) is 12.1 Å². The monoisotopic (exact) mass is 250 g/mol. The maximum atomic E-state index is 11.7. The highest BCUT2D eigenvalue weighted by atomic mass is 16.5. The molecular weight excluding hydrogens is 228 g/mol. The zero-order chi connectivity index (χ0) is 13.6. The van der Waals surface area contributed by atoms with Crippen molar-refractivity contribution in [2.45, 2.75) is 26.4 Å². The summed E-state index contributed by atoms with van der Waals surface area (Å²) in [6.07, 6.45) is 0. The molecule has 100 valence electrons. The molecule has 0 spiro atoms. The lowest BCUT2D eigenvalue weighted by Crippen LogP contribution is -2.40. The molecule has 0 aliphatic heterocycles. The zero-order valence-electron chi connectivity index (χ0n) is 11.5. The fourth-order valence-corrected chi connectivity index (χ4v) is 1.48. The molecule has 1 aromatic carbocycles. The molecule has 2 N–H and O–H groups in total. The van der Waals surface area contributed by atoms with E-state index >= 15 is 0 Å². The fourth-order valence-electron chi connectivity index (χ4n) is 1.48. The van der Waals surface area contributed by atoms with Crippen LogP contribution in [0.25, 0.3) is 0 Å². The SMILES string of the molecule is COC(C)(C)CNCC(=O)Nc1cccc(C)c1. The van der Waals surface area contributed by atoms with Crippen molar-refractivity contribution in [3.63, 3.8) is 0 Å². The van der Waals surface area contributed by atoms with E-state index in [4.69, 9.17) is 4.74 Å². The Balaban J connectivity index is 2.34. The summed E-state index contributed by atoms with van der Waals surface area (Å²) in [4.78, 5) is 11.7. The zero-order valence-corrected chi connectivity index (χ0v) is 11.5. The van der Waals surface area contributed by atoms with Crippen LogP contribution in [0.5, 0.6) is 0 Å². The summed E-state index contributed by atoms with van der Waals surface area (Å²) in [6, 6.07) is 7.74. The number of ether oxygens (including phenoxy) is 1. The molecule has 1 aromatic rings. The number of hydrogen-bond acceptors (Lipinski definition) is 3. The number of benzene rings is 1. The molecule has 0 heterocycles.